The molecule has 514 valence electrons. The molecule has 7 unspecified atom stereocenters. The smallest absolute Gasteiger partial charge is 0.394 e. The molecule has 0 bridgehead atoms. The Morgan fingerprint density at radius 1 is 0.419 bits per heavy atom. The molecule has 1 saturated heterocycles. The van der Waals surface area contributed by atoms with Gasteiger partial charge in [0, 0.05) is 6.42 Å². The summed E-state index contributed by atoms with van der Waals surface area (Å²) in [5.74, 6) is -0.218. The SMILES string of the molecule is CCCCCCCCCCCCCCCCCCCCCCCCCCCCCCCCCCCCCC(=O)NC(COC1OC(CO)C(O)C(OS(=O)(=O)O)C1O)C(O)CCCCCCCCCCCCCCCCCCCCCCCCCC. The second kappa shape index (κ2) is 62.9. The Balaban J connectivity index is 2.16. The maximum atomic E-state index is 13.2. The fourth-order valence-corrected chi connectivity index (χ4v) is 13.4. The predicted molar refractivity (Wildman–Crippen MR) is 361 cm³/mol. The molecule has 6 N–H and O–H groups in total. The molecule has 1 amide bonds. The average Bonchev–Trinajstić information content (AvgIpc) is 1.65. The number of carbonyl (C=O) groups excluding carboxylic acids is 1. The lowest BCUT2D eigenvalue weighted by Gasteiger charge is -2.41. The van der Waals surface area contributed by atoms with Crippen molar-refractivity contribution >= 4 is 16.3 Å². The van der Waals surface area contributed by atoms with Crippen LogP contribution >= 0.6 is 0 Å². The van der Waals surface area contributed by atoms with Gasteiger partial charge in [0.25, 0.3) is 0 Å². The number of nitrogens with one attached hydrogen (secondary N) is 1. The van der Waals surface area contributed by atoms with E-state index in [2.05, 4.69) is 23.3 Å². The molecule has 0 spiro atoms. The molecule has 12 nitrogen and oxygen atoms in total. The molecule has 0 aliphatic carbocycles. The van der Waals surface area contributed by atoms with Crippen molar-refractivity contribution in [3.63, 3.8) is 0 Å². The van der Waals surface area contributed by atoms with Crippen molar-refractivity contribution in [2.24, 2.45) is 0 Å². The second-order valence-corrected chi connectivity index (χ2v) is 28.0. The molecule has 0 aromatic carbocycles. The van der Waals surface area contributed by atoms with Gasteiger partial charge in [0.15, 0.2) is 6.29 Å². The Labute approximate surface area is 532 Å². The lowest BCUT2D eigenvalue weighted by molar-refractivity contribution is -0.298. The number of aliphatic hydroxyl groups excluding tert-OH is 4. The van der Waals surface area contributed by atoms with Crippen LogP contribution in [0, 0.1) is 0 Å². The quantitative estimate of drug-likeness (QED) is 0.0251. The first kappa shape index (κ1) is 83.1. The van der Waals surface area contributed by atoms with Gasteiger partial charge in [-0.25, -0.2) is 4.18 Å². The van der Waals surface area contributed by atoms with Gasteiger partial charge in [-0.1, -0.05) is 386 Å². The summed E-state index contributed by atoms with van der Waals surface area (Å²) >= 11 is 0. The van der Waals surface area contributed by atoms with Gasteiger partial charge < -0.3 is 35.2 Å². The number of carbonyl (C=O) groups is 1. The summed E-state index contributed by atoms with van der Waals surface area (Å²) in [6.45, 7) is 3.54. The molecule has 0 radical (unpaired) electrons. The third-order valence-electron chi connectivity index (χ3n) is 18.7. The third-order valence-corrected chi connectivity index (χ3v) is 19.1. The zero-order chi connectivity index (χ0) is 62.5. The Hall–Kier alpha value is -0.900. The lowest BCUT2D eigenvalue weighted by Crippen LogP contribution is -2.61. The third kappa shape index (κ3) is 53.7. The molecule has 0 aromatic rings. The highest BCUT2D eigenvalue weighted by Crippen LogP contribution is 2.27. The van der Waals surface area contributed by atoms with Crippen LogP contribution in [0.1, 0.15) is 406 Å². The first-order valence-electron chi connectivity index (χ1n) is 37.9. The van der Waals surface area contributed by atoms with Crippen molar-refractivity contribution < 1.29 is 51.8 Å². The highest BCUT2D eigenvalue weighted by atomic mass is 32.3. The maximum Gasteiger partial charge on any atom is 0.397 e. The van der Waals surface area contributed by atoms with E-state index in [1.807, 2.05) is 0 Å². The molecule has 7 atom stereocenters. The number of unbranched alkanes of at least 4 members (excludes halogenated alkanes) is 57. The summed E-state index contributed by atoms with van der Waals surface area (Å²) in [6, 6.07) is -0.855. The van der Waals surface area contributed by atoms with Crippen molar-refractivity contribution in [2.45, 2.75) is 448 Å². The number of ether oxygens (including phenoxy) is 2. The number of aliphatic hydroxyl groups is 4. The van der Waals surface area contributed by atoms with Crippen LogP contribution in [-0.2, 0) is 28.9 Å². The Morgan fingerprint density at radius 2 is 0.674 bits per heavy atom. The van der Waals surface area contributed by atoms with Gasteiger partial charge in [-0.2, -0.15) is 8.42 Å². The standard InChI is InChI=1S/C73H145NO11S/c1-3-5-7-9-11-13-15-17-19-21-23-25-27-29-30-31-32-33-34-35-36-37-38-39-41-43-45-47-49-51-53-55-57-59-61-63-69(77)74-66(65-83-73-71(79)72(85-86(80,81)82)70(78)68(64-75)84-73)67(76)62-60-58-56-54-52-50-48-46-44-42-40-28-26-24-22-20-18-16-14-12-10-8-6-4-2/h66-68,70-73,75-76,78-79H,3-65H2,1-2H3,(H,74,77)(H,80,81,82). The minimum Gasteiger partial charge on any atom is -0.394 e. The molecule has 1 aliphatic heterocycles. The van der Waals surface area contributed by atoms with Gasteiger partial charge in [-0.05, 0) is 12.8 Å². The highest BCUT2D eigenvalue weighted by Gasteiger charge is 2.48. The fourth-order valence-electron chi connectivity index (χ4n) is 12.9. The van der Waals surface area contributed by atoms with Crippen molar-refractivity contribution in [1.82, 2.24) is 5.32 Å². The normalized spacial score (nSPS) is 18.1. The fraction of sp³-hybridized carbons (Fsp3) is 0.986. The molecule has 1 fully saturated rings. The van der Waals surface area contributed by atoms with E-state index < -0.39 is 59.9 Å². The van der Waals surface area contributed by atoms with Crippen molar-refractivity contribution in [1.29, 1.82) is 0 Å². The lowest BCUT2D eigenvalue weighted by atomic mass is 9.99. The van der Waals surface area contributed by atoms with Crippen LogP contribution in [-0.4, -0.2) is 95.4 Å². The van der Waals surface area contributed by atoms with Crippen molar-refractivity contribution in [2.75, 3.05) is 13.2 Å². The van der Waals surface area contributed by atoms with Crippen LogP contribution in [0.3, 0.4) is 0 Å². The van der Waals surface area contributed by atoms with Gasteiger partial charge in [-0.15, -0.1) is 0 Å². The van der Waals surface area contributed by atoms with E-state index in [0.29, 0.717) is 12.8 Å². The van der Waals surface area contributed by atoms with Gasteiger partial charge in [0.2, 0.25) is 5.91 Å². The van der Waals surface area contributed by atoms with E-state index in [-0.39, 0.29) is 12.5 Å². The summed E-state index contributed by atoms with van der Waals surface area (Å²) in [7, 11) is -5.08. The van der Waals surface area contributed by atoms with E-state index in [0.717, 1.165) is 51.4 Å². The molecule has 1 aliphatic rings. The molecule has 0 saturated carbocycles. The van der Waals surface area contributed by atoms with E-state index in [9.17, 15) is 38.2 Å². The van der Waals surface area contributed by atoms with Crippen LogP contribution < -0.4 is 5.32 Å². The Morgan fingerprint density at radius 3 is 0.930 bits per heavy atom. The topological polar surface area (TPSA) is 192 Å². The van der Waals surface area contributed by atoms with Gasteiger partial charge in [-0.3, -0.25) is 9.35 Å². The van der Waals surface area contributed by atoms with E-state index in [4.69, 9.17) is 9.47 Å². The Bertz CT molecular complexity index is 1510. The Kier molecular flexibility index (Phi) is 60.8. The molecule has 0 aromatic heterocycles. The van der Waals surface area contributed by atoms with Crippen LogP contribution in [0.2, 0.25) is 0 Å². The van der Waals surface area contributed by atoms with Gasteiger partial charge in [0.05, 0.1) is 25.4 Å². The molecular formula is C73H145NO11S. The molecular weight excluding hydrogens is 1100 g/mol. The summed E-state index contributed by atoms with van der Waals surface area (Å²) in [6.07, 6.45) is 70.2. The maximum absolute atomic E-state index is 13.2. The largest absolute Gasteiger partial charge is 0.397 e. The zero-order valence-electron chi connectivity index (χ0n) is 56.7. The van der Waals surface area contributed by atoms with Crippen LogP contribution in [0.15, 0.2) is 0 Å². The summed E-state index contributed by atoms with van der Waals surface area (Å²) in [5.41, 5.74) is 0. The van der Waals surface area contributed by atoms with E-state index in [1.165, 1.54) is 327 Å². The second-order valence-electron chi connectivity index (χ2n) is 27.0. The van der Waals surface area contributed by atoms with Crippen LogP contribution in [0.5, 0.6) is 0 Å². The molecule has 1 heterocycles. The van der Waals surface area contributed by atoms with Crippen molar-refractivity contribution in [3.8, 4) is 0 Å². The summed E-state index contributed by atoms with van der Waals surface area (Å²) in [5, 5.41) is 45.4. The minimum atomic E-state index is -5.08. The van der Waals surface area contributed by atoms with Crippen LogP contribution in [0.4, 0.5) is 0 Å². The van der Waals surface area contributed by atoms with E-state index >= 15 is 0 Å². The first-order valence-corrected chi connectivity index (χ1v) is 39.3. The molecule has 1 rings (SSSR count). The molecule has 13 heteroatoms. The summed E-state index contributed by atoms with van der Waals surface area (Å²) < 4.78 is 48.2. The minimum absolute atomic E-state index is 0.218. The monoisotopic (exact) mass is 1240 g/mol. The van der Waals surface area contributed by atoms with Gasteiger partial charge in [0.1, 0.15) is 24.4 Å². The number of amides is 1. The van der Waals surface area contributed by atoms with Gasteiger partial charge >= 0.3 is 10.4 Å². The number of hydrogen-bond donors (Lipinski definition) is 6. The number of rotatable bonds is 69. The number of hydrogen-bond acceptors (Lipinski definition) is 10. The first-order chi connectivity index (χ1) is 42.0. The van der Waals surface area contributed by atoms with Crippen LogP contribution in [0.25, 0.3) is 0 Å². The zero-order valence-corrected chi connectivity index (χ0v) is 57.5. The van der Waals surface area contributed by atoms with E-state index in [1.54, 1.807) is 0 Å². The van der Waals surface area contributed by atoms with Crippen molar-refractivity contribution in [3.05, 3.63) is 0 Å². The average molecular weight is 1250 g/mol. The highest BCUT2D eigenvalue weighted by molar-refractivity contribution is 7.80. The predicted octanol–water partition coefficient (Wildman–Crippen LogP) is 20.3. The molecule has 86 heavy (non-hydrogen) atoms. The summed E-state index contributed by atoms with van der Waals surface area (Å²) in [4.78, 5) is 13.2.